The number of nitrogens with one attached hydrogen (secondary N) is 1. The molecular weight excluding hydrogens is 226 g/mol. The second-order valence-electron chi connectivity index (χ2n) is 6.35. The van der Waals surface area contributed by atoms with Gasteiger partial charge in [0.25, 0.3) is 0 Å². The van der Waals surface area contributed by atoms with Crippen LogP contribution in [0.2, 0.25) is 0 Å². The summed E-state index contributed by atoms with van der Waals surface area (Å²) in [6, 6.07) is 0.410. The van der Waals surface area contributed by atoms with E-state index in [1.807, 2.05) is 0 Å². The molecule has 0 bridgehead atoms. The zero-order valence-electron chi connectivity index (χ0n) is 12.8. The first-order valence-corrected chi connectivity index (χ1v) is 7.43. The van der Waals surface area contributed by atoms with Crippen molar-refractivity contribution in [2.75, 3.05) is 26.4 Å². The molecular formula is C15H31NO2. The van der Waals surface area contributed by atoms with Gasteiger partial charge >= 0.3 is 0 Å². The van der Waals surface area contributed by atoms with Crippen LogP contribution >= 0.6 is 0 Å². The van der Waals surface area contributed by atoms with Crippen molar-refractivity contribution in [2.45, 2.75) is 59.6 Å². The lowest BCUT2D eigenvalue weighted by Gasteiger charge is -2.39. The minimum Gasteiger partial charge on any atom is -0.381 e. The standard InChI is InChI=1S/C15H31NO2/c1-6-9-16-13(12-8-10-17-11-12)14(18-7-2)15(3,4)5/h12-14,16H,6-11H2,1-5H3. The number of hydrogen-bond donors (Lipinski definition) is 1. The van der Waals surface area contributed by atoms with Gasteiger partial charge in [0, 0.05) is 25.2 Å². The van der Waals surface area contributed by atoms with Crippen molar-refractivity contribution in [3.8, 4) is 0 Å². The third kappa shape index (κ3) is 4.52. The number of ether oxygens (including phenoxy) is 2. The number of hydrogen-bond acceptors (Lipinski definition) is 3. The Morgan fingerprint density at radius 1 is 1.33 bits per heavy atom. The van der Waals surface area contributed by atoms with Gasteiger partial charge in [-0.1, -0.05) is 27.7 Å². The lowest BCUT2D eigenvalue weighted by Crippen LogP contribution is -2.52. The topological polar surface area (TPSA) is 30.5 Å². The maximum Gasteiger partial charge on any atom is 0.0779 e. The van der Waals surface area contributed by atoms with E-state index in [4.69, 9.17) is 9.47 Å². The van der Waals surface area contributed by atoms with Crippen molar-refractivity contribution in [1.82, 2.24) is 5.32 Å². The average Bonchev–Trinajstić information content (AvgIpc) is 2.80. The van der Waals surface area contributed by atoms with Crippen molar-refractivity contribution < 1.29 is 9.47 Å². The van der Waals surface area contributed by atoms with Crippen LogP contribution in [0.4, 0.5) is 0 Å². The van der Waals surface area contributed by atoms with Gasteiger partial charge in [0.05, 0.1) is 12.7 Å². The van der Waals surface area contributed by atoms with Crippen molar-refractivity contribution in [3.63, 3.8) is 0 Å². The Hall–Kier alpha value is -0.120. The molecule has 0 spiro atoms. The highest BCUT2D eigenvalue weighted by atomic mass is 16.5. The van der Waals surface area contributed by atoms with Gasteiger partial charge < -0.3 is 14.8 Å². The van der Waals surface area contributed by atoms with Gasteiger partial charge in [0.1, 0.15) is 0 Å². The summed E-state index contributed by atoms with van der Waals surface area (Å²) in [6.07, 6.45) is 2.56. The second-order valence-corrected chi connectivity index (χ2v) is 6.35. The summed E-state index contributed by atoms with van der Waals surface area (Å²) in [5, 5.41) is 3.70. The van der Waals surface area contributed by atoms with Gasteiger partial charge in [-0.15, -0.1) is 0 Å². The summed E-state index contributed by atoms with van der Waals surface area (Å²) in [5.41, 5.74) is 0.157. The van der Waals surface area contributed by atoms with Crippen molar-refractivity contribution >= 4 is 0 Å². The SMILES string of the molecule is CCCNC(C1CCOC1)C(OCC)C(C)(C)C. The maximum absolute atomic E-state index is 6.06. The molecule has 0 saturated carbocycles. The Kier molecular flexibility index (Phi) is 6.61. The van der Waals surface area contributed by atoms with Crippen LogP contribution in [0.5, 0.6) is 0 Å². The van der Waals surface area contributed by atoms with E-state index >= 15 is 0 Å². The molecule has 3 atom stereocenters. The average molecular weight is 257 g/mol. The van der Waals surface area contributed by atoms with Crippen molar-refractivity contribution in [3.05, 3.63) is 0 Å². The largest absolute Gasteiger partial charge is 0.381 e. The molecule has 3 nitrogen and oxygen atoms in total. The summed E-state index contributed by atoms with van der Waals surface area (Å²) in [4.78, 5) is 0. The van der Waals surface area contributed by atoms with Crippen LogP contribution in [-0.4, -0.2) is 38.5 Å². The molecule has 1 aliphatic rings. The summed E-state index contributed by atoms with van der Waals surface area (Å²) in [5.74, 6) is 0.590. The van der Waals surface area contributed by atoms with E-state index in [-0.39, 0.29) is 11.5 Å². The molecule has 0 aromatic heterocycles. The quantitative estimate of drug-likeness (QED) is 0.761. The van der Waals surface area contributed by atoms with E-state index in [2.05, 4.69) is 39.9 Å². The molecule has 0 aromatic carbocycles. The molecule has 3 heteroatoms. The van der Waals surface area contributed by atoms with E-state index < -0.39 is 0 Å². The molecule has 18 heavy (non-hydrogen) atoms. The predicted octanol–water partition coefficient (Wildman–Crippen LogP) is 2.84. The van der Waals surface area contributed by atoms with E-state index in [1.54, 1.807) is 0 Å². The Bertz CT molecular complexity index is 219. The summed E-state index contributed by atoms with van der Waals surface area (Å²) in [7, 11) is 0. The highest BCUT2D eigenvalue weighted by molar-refractivity contribution is 4.92. The van der Waals surface area contributed by atoms with Gasteiger partial charge in [-0.3, -0.25) is 0 Å². The molecule has 0 aliphatic carbocycles. The molecule has 1 N–H and O–H groups in total. The first-order chi connectivity index (χ1) is 8.50. The van der Waals surface area contributed by atoms with Crippen LogP contribution in [0.3, 0.4) is 0 Å². The Labute approximate surface area is 113 Å². The van der Waals surface area contributed by atoms with E-state index in [0.29, 0.717) is 12.0 Å². The number of rotatable bonds is 7. The summed E-state index contributed by atoms with van der Waals surface area (Å²) < 4.78 is 11.6. The van der Waals surface area contributed by atoms with Crippen molar-refractivity contribution in [1.29, 1.82) is 0 Å². The van der Waals surface area contributed by atoms with Gasteiger partial charge in [-0.25, -0.2) is 0 Å². The fourth-order valence-corrected chi connectivity index (χ4v) is 2.74. The van der Waals surface area contributed by atoms with Crippen molar-refractivity contribution in [2.24, 2.45) is 11.3 Å². The van der Waals surface area contributed by atoms with Crippen LogP contribution in [-0.2, 0) is 9.47 Å². The molecule has 1 aliphatic heterocycles. The van der Waals surface area contributed by atoms with Gasteiger partial charge in [-0.05, 0) is 31.7 Å². The van der Waals surface area contributed by atoms with Crippen LogP contribution < -0.4 is 5.32 Å². The Morgan fingerprint density at radius 3 is 2.50 bits per heavy atom. The molecule has 0 radical (unpaired) electrons. The second kappa shape index (κ2) is 7.46. The van der Waals surface area contributed by atoms with Gasteiger partial charge in [-0.2, -0.15) is 0 Å². The van der Waals surface area contributed by atoms with Crippen LogP contribution in [0.1, 0.15) is 47.5 Å². The predicted molar refractivity (Wildman–Crippen MR) is 75.9 cm³/mol. The first-order valence-electron chi connectivity index (χ1n) is 7.43. The molecule has 3 unspecified atom stereocenters. The Balaban J connectivity index is 2.75. The summed E-state index contributed by atoms with van der Waals surface area (Å²) >= 11 is 0. The molecule has 1 heterocycles. The zero-order valence-corrected chi connectivity index (χ0v) is 12.8. The normalized spacial score (nSPS) is 24.2. The fraction of sp³-hybridized carbons (Fsp3) is 1.00. The maximum atomic E-state index is 6.06. The fourth-order valence-electron chi connectivity index (χ4n) is 2.74. The monoisotopic (exact) mass is 257 g/mol. The lowest BCUT2D eigenvalue weighted by atomic mass is 9.79. The third-order valence-corrected chi connectivity index (χ3v) is 3.63. The smallest absolute Gasteiger partial charge is 0.0779 e. The van der Waals surface area contributed by atoms with Crippen LogP contribution in [0.15, 0.2) is 0 Å². The Morgan fingerprint density at radius 2 is 2.06 bits per heavy atom. The van der Waals surface area contributed by atoms with E-state index in [9.17, 15) is 0 Å². The van der Waals surface area contributed by atoms with Crippen LogP contribution in [0.25, 0.3) is 0 Å². The minimum atomic E-state index is 0.157. The van der Waals surface area contributed by atoms with E-state index in [0.717, 1.165) is 39.2 Å². The molecule has 1 fully saturated rings. The highest BCUT2D eigenvalue weighted by Crippen LogP contribution is 2.31. The molecule has 1 rings (SSSR count). The third-order valence-electron chi connectivity index (χ3n) is 3.63. The first kappa shape index (κ1) is 15.9. The van der Waals surface area contributed by atoms with E-state index in [1.165, 1.54) is 0 Å². The van der Waals surface area contributed by atoms with Gasteiger partial charge in [0.15, 0.2) is 0 Å². The molecule has 0 amide bonds. The summed E-state index contributed by atoms with van der Waals surface area (Å²) in [6.45, 7) is 14.7. The lowest BCUT2D eigenvalue weighted by molar-refractivity contribution is -0.0494. The highest BCUT2D eigenvalue weighted by Gasteiger charge is 2.38. The zero-order chi connectivity index (χ0) is 13.6. The molecule has 0 aromatic rings. The molecule has 108 valence electrons. The van der Waals surface area contributed by atoms with Crippen LogP contribution in [0, 0.1) is 11.3 Å². The van der Waals surface area contributed by atoms with Gasteiger partial charge in [0.2, 0.25) is 0 Å². The minimum absolute atomic E-state index is 0.157. The molecule has 1 saturated heterocycles.